The van der Waals surface area contributed by atoms with Crippen molar-refractivity contribution in [1.82, 2.24) is 4.90 Å². The number of imide groups is 1. The Hall–Kier alpha value is -0.550. The van der Waals surface area contributed by atoms with Crippen molar-refractivity contribution < 1.29 is 14.7 Å². The topological polar surface area (TPSA) is 57.6 Å². The third-order valence-corrected chi connectivity index (χ3v) is 3.35. The maximum absolute atomic E-state index is 11.4. The lowest BCUT2D eigenvalue weighted by Crippen LogP contribution is -2.43. The first-order valence-electron chi connectivity index (χ1n) is 5.17. The van der Waals surface area contributed by atoms with Crippen LogP contribution in [0.1, 0.15) is 19.8 Å². The van der Waals surface area contributed by atoms with Crippen LogP contribution in [0.4, 0.5) is 0 Å². The standard InChI is InChI=1S/C10H17NO3S/c1-8(5-12)3-2-4-11-9(13)6-15-7-10(11)14/h8,12H,2-7H2,1H3. The summed E-state index contributed by atoms with van der Waals surface area (Å²) in [6.07, 6.45) is 1.63. The van der Waals surface area contributed by atoms with Gasteiger partial charge in [-0.25, -0.2) is 0 Å². The average molecular weight is 231 g/mol. The van der Waals surface area contributed by atoms with Gasteiger partial charge in [0.05, 0.1) is 11.5 Å². The van der Waals surface area contributed by atoms with E-state index in [0.717, 1.165) is 12.8 Å². The number of hydrogen-bond acceptors (Lipinski definition) is 4. The van der Waals surface area contributed by atoms with Gasteiger partial charge in [-0.1, -0.05) is 6.92 Å². The lowest BCUT2D eigenvalue weighted by molar-refractivity contribution is -0.142. The zero-order chi connectivity index (χ0) is 11.3. The van der Waals surface area contributed by atoms with Crippen molar-refractivity contribution in [2.45, 2.75) is 19.8 Å². The van der Waals surface area contributed by atoms with Crippen molar-refractivity contribution >= 4 is 23.6 Å². The van der Waals surface area contributed by atoms with E-state index in [1.165, 1.54) is 16.7 Å². The second-order valence-corrected chi connectivity index (χ2v) is 4.85. The van der Waals surface area contributed by atoms with Gasteiger partial charge >= 0.3 is 0 Å². The summed E-state index contributed by atoms with van der Waals surface area (Å²) in [6, 6.07) is 0. The van der Waals surface area contributed by atoms with Crippen molar-refractivity contribution in [3.8, 4) is 0 Å². The summed E-state index contributed by atoms with van der Waals surface area (Å²) < 4.78 is 0. The molecule has 2 amide bonds. The maximum atomic E-state index is 11.4. The number of hydrogen-bond donors (Lipinski definition) is 1. The first-order valence-corrected chi connectivity index (χ1v) is 6.32. The van der Waals surface area contributed by atoms with Crippen molar-refractivity contribution in [2.75, 3.05) is 24.7 Å². The van der Waals surface area contributed by atoms with Crippen molar-refractivity contribution in [3.05, 3.63) is 0 Å². The van der Waals surface area contributed by atoms with Gasteiger partial charge in [-0.15, -0.1) is 11.8 Å². The Bertz CT molecular complexity index is 229. The lowest BCUT2D eigenvalue weighted by atomic mass is 10.1. The highest BCUT2D eigenvalue weighted by Crippen LogP contribution is 2.14. The average Bonchev–Trinajstić information content (AvgIpc) is 2.22. The number of aliphatic hydroxyl groups excluding tert-OH is 1. The Morgan fingerprint density at radius 2 is 2.00 bits per heavy atom. The summed E-state index contributed by atoms with van der Waals surface area (Å²) in [4.78, 5) is 24.1. The summed E-state index contributed by atoms with van der Waals surface area (Å²) in [7, 11) is 0. The molecule has 1 atom stereocenters. The Kier molecular flexibility index (Phi) is 5.11. The fourth-order valence-electron chi connectivity index (χ4n) is 1.46. The van der Waals surface area contributed by atoms with Gasteiger partial charge in [0, 0.05) is 13.2 Å². The molecule has 0 aromatic carbocycles. The third kappa shape index (κ3) is 3.83. The van der Waals surface area contributed by atoms with Crippen molar-refractivity contribution in [2.24, 2.45) is 5.92 Å². The quantitative estimate of drug-likeness (QED) is 0.700. The van der Waals surface area contributed by atoms with Gasteiger partial charge in [-0.05, 0) is 18.8 Å². The van der Waals surface area contributed by atoms with Gasteiger partial charge < -0.3 is 5.11 Å². The van der Waals surface area contributed by atoms with Crippen LogP contribution in [-0.2, 0) is 9.59 Å². The first kappa shape index (κ1) is 12.5. The number of thioether (sulfide) groups is 1. The highest BCUT2D eigenvalue weighted by Gasteiger charge is 2.25. The van der Waals surface area contributed by atoms with Crippen LogP contribution in [0.5, 0.6) is 0 Å². The van der Waals surface area contributed by atoms with E-state index in [1.54, 1.807) is 0 Å². The van der Waals surface area contributed by atoms with E-state index in [-0.39, 0.29) is 24.3 Å². The molecule has 0 bridgehead atoms. The van der Waals surface area contributed by atoms with Crippen LogP contribution in [0.25, 0.3) is 0 Å². The summed E-state index contributed by atoms with van der Waals surface area (Å²) in [5, 5.41) is 8.82. The summed E-state index contributed by atoms with van der Waals surface area (Å²) >= 11 is 1.38. The van der Waals surface area contributed by atoms with E-state index in [9.17, 15) is 9.59 Å². The normalized spacial score (nSPS) is 19.5. The molecule has 1 aliphatic rings. The molecule has 0 spiro atoms. The van der Waals surface area contributed by atoms with Crippen LogP contribution in [-0.4, -0.2) is 46.5 Å². The molecule has 4 nitrogen and oxygen atoms in total. The molecule has 1 N–H and O–H groups in total. The van der Waals surface area contributed by atoms with Gasteiger partial charge in [-0.3, -0.25) is 14.5 Å². The molecule has 0 radical (unpaired) electrons. The highest BCUT2D eigenvalue weighted by molar-refractivity contribution is 8.00. The van der Waals surface area contributed by atoms with Crippen LogP contribution < -0.4 is 0 Å². The fraction of sp³-hybridized carbons (Fsp3) is 0.800. The fourth-order valence-corrected chi connectivity index (χ4v) is 2.22. The minimum atomic E-state index is -0.0760. The number of carbonyl (C=O) groups is 2. The molecule has 1 fully saturated rings. The molecular weight excluding hydrogens is 214 g/mol. The van der Waals surface area contributed by atoms with E-state index in [4.69, 9.17) is 5.11 Å². The molecule has 1 aliphatic heterocycles. The zero-order valence-corrected chi connectivity index (χ0v) is 9.76. The van der Waals surface area contributed by atoms with Gasteiger partial charge in [0.15, 0.2) is 0 Å². The number of nitrogens with zero attached hydrogens (tertiary/aromatic N) is 1. The van der Waals surface area contributed by atoms with E-state index >= 15 is 0 Å². The van der Waals surface area contributed by atoms with E-state index < -0.39 is 0 Å². The molecule has 15 heavy (non-hydrogen) atoms. The monoisotopic (exact) mass is 231 g/mol. The van der Waals surface area contributed by atoms with Crippen LogP contribution in [0.15, 0.2) is 0 Å². The number of rotatable bonds is 5. The number of aliphatic hydroxyl groups is 1. The molecule has 86 valence electrons. The molecule has 1 saturated heterocycles. The van der Waals surface area contributed by atoms with Gasteiger partial charge in [-0.2, -0.15) is 0 Å². The minimum absolute atomic E-state index is 0.0760. The summed E-state index contributed by atoms with van der Waals surface area (Å²) in [6.45, 7) is 2.62. The smallest absolute Gasteiger partial charge is 0.239 e. The van der Waals surface area contributed by atoms with Gasteiger partial charge in [0.2, 0.25) is 11.8 Å². The molecule has 0 aromatic rings. The summed E-state index contributed by atoms with van der Waals surface area (Å²) in [5.74, 6) is 0.929. The van der Waals surface area contributed by atoms with Crippen LogP contribution in [0.3, 0.4) is 0 Å². The molecule has 5 heteroatoms. The SMILES string of the molecule is CC(CO)CCCN1C(=O)CSCC1=O. The molecule has 1 heterocycles. The molecular formula is C10H17NO3S. The number of carbonyl (C=O) groups excluding carboxylic acids is 2. The van der Waals surface area contributed by atoms with Crippen LogP contribution in [0, 0.1) is 5.92 Å². The second kappa shape index (κ2) is 6.12. The zero-order valence-electron chi connectivity index (χ0n) is 8.94. The Morgan fingerprint density at radius 3 is 2.53 bits per heavy atom. The van der Waals surface area contributed by atoms with E-state index in [0.29, 0.717) is 18.1 Å². The predicted molar refractivity (Wildman–Crippen MR) is 59.5 cm³/mol. The predicted octanol–water partition coefficient (Wildman–Crippen LogP) is 0.497. The van der Waals surface area contributed by atoms with Crippen molar-refractivity contribution in [1.29, 1.82) is 0 Å². The summed E-state index contributed by atoms with van der Waals surface area (Å²) in [5.41, 5.74) is 0. The minimum Gasteiger partial charge on any atom is -0.396 e. The first-order chi connectivity index (χ1) is 7.15. The maximum Gasteiger partial charge on any atom is 0.239 e. The van der Waals surface area contributed by atoms with E-state index in [1.807, 2.05) is 6.92 Å². The van der Waals surface area contributed by atoms with Crippen LogP contribution in [0.2, 0.25) is 0 Å². The Morgan fingerprint density at radius 1 is 1.40 bits per heavy atom. The largest absolute Gasteiger partial charge is 0.396 e. The van der Waals surface area contributed by atoms with Gasteiger partial charge in [0.25, 0.3) is 0 Å². The molecule has 0 aromatic heterocycles. The molecule has 0 saturated carbocycles. The molecule has 0 aliphatic carbocycles. The van der Waals surface area contributed by atoms with E-state index in [2.05, 4.69) is 0 Å². The van der Waals surface area contributed by atoms with Crippen LogP contribution >= 0.6 is 11.8 Å². The second-order valence-electron chi connectivity index (χ2n) is 3.86. The Balaban J connectivity index is 2.29. The highest BCUT2D eigenvalue weighted by atomic mass is 32.2. The Labute approximate surface area is 94.0 Å². The lowest BCUT2D eigenvalue weighted by Gasteiger charge is -2.24. The van der Waals surface area contributed by atoms with Gasteiger partial charge in [0.1, 0.15) is 0 Å². The molecule has 1 rings (SSSR count). The third-order valence-electron chi connectivity index (χ3n) is 2.44. The van der Waals surface area contributed by atoms with Crippen molar-refractivity contribution in [3.63, 3.8) is 0 Å². The number of amides is 2. The molecule has 1 unspecified atom stereocenters.